The maximum absolute atomic E-state index is 11.5. The van der Waals surface area contributed by atoms with E-state index in [2.05, 4.69) is 43.3 Å². The summed E-state index contributed by atoms with van der Waals surface area (Å²) in [5, 5.41) is 64.3. The second kappa shape index (κ2) is 22.2. The molecule has 3 fully saturated rings. The normalized spacial score (nSPS) is 26.6. The fourth-order valence-electron chi connectivity index (χ4n) is 8.11. The van der Waals surface area contributed by atoms with Gasteiger partial charge in [-0.15, -0.1) is 10.1 Å². The maximum atomic E-state index is 11.5. The molecule has 9 atom stereocenters. The zero-order chi connectivity index (χ0) is 41.6. The first-order valence-electron chi connectivity index (χ1n) is 20.6. The van der Waals surface area contributed by atoms with Gasteiger partial charge in [0.1, 0.15) is 31.2 Å². The molecule has 2 saturated carbocycles. The van der Waals surface area contributed by atoms with E-state index < -0.39 is 54.5 Å². The van der Waals surface area contributed by atoms with Crippen molar-refractivity contribution >= 4 is 23.0 Å². The van der Waals surface area contributed by atoms with Crippen LogP contribution in [-0.4, -0.2) is 111 Å². The van der Waals surface area contributed by atoms with E-state index in [1.54, 1.807) is 0 Å². The first kappa shape index (κ1) is 44.8. The first-order valence-corrected chi connectivity index (χ1v) is 20.6. The monoisotopic (exact) mass is 812 g/mol. The highest BCUT2D eigenvalue weighted by Crippen LogP contribution is 2.39. The van der Waals surface area contributed by atoms with Gasteiger partial charge in [-0.1, -0.05) is 55.3 Å². The lowest BCUT2D eigenvalue weighted by molar-refractivity contribution is -0.759. The number of ether oxygens (including phenoxy) is 2. The molecule has 0 bridgehead atoms. The number of aliphatic hydroxyl groups is 5. The Balaban J connectivity index is 0.000000222. The quantitative estimate of drug-likeness (QED) is 0.0327. The van der Waals surface area contributed by atoms with Crippen molar-refractivity contribution in [2.24, 2.45) is 11.8 Å². The lowest BCUT2D eigenvalue weighted by Crippen LogP contribution is -2.34. The predicted octanol–water partition coefficient (Wildman–Crippen LogP) is 4.19. The van der Waals surface area contributed by atoms with Gasteiger partial charge in [0.05, 0.1) is 30.7 Å². The van der Waals surface area contributed by atoms with Crippen LogP contribution in [0.2, 0.25) is 0 Å². The molecule has 3 aromatic rings. The van der Waals surface area contributed by atoms with Crippen LogP contribution in [0.3, 0.4) is 0 Å². The molecule has 3 aliphatic rings. The topological polar surface area (TPSA) is 245 Å². The summed E-state index contributed by atoms with van der Waals surface area (Å²) in [6.45, 7) is 3.20. The van der Waals surface area contributed by atoms with E-state index in [1.165, 1.54) is 35.6 Å². The number of fused-ring (bicyclic) bond motifs is 1. The number of carbonyl (C=O) groups excluding carboxylic acids is 1. The van der Waals surface area contributed by atoms with Crippen LogP contribution >= 0.6 is 0 Å². The Morgan fingerprint density at radius 1 is 1.03 bits per heavy atom. The number of hydrogen-bond donors (Lipinski definition) is 6. The van der Waals surface area contributed by atoms with Crippen molar-refractivity contribution < 1.29 is 49.7 Å². The molecular weight excluding hydrogens is 752 g/mol. The summed E-state index contributed by atoms with van der Waals surface area (Å²) in [4.78, 5) is 39.0. The molecule has 6 rings (SSSR count). The van der Waals surface area contributed by atoms with Gasteiger partial charge in [0, 0.05) is 12.5 Å². The minimum Gasteiger partial charge on any atom is -0.463 e. The van der Waals surface area contributed by atoms with Gasteiger partial charge < -0.3 is 45.2 Å². The van der Waals surface area contributed by atoms with Crippen LogP contribution in [-0.2, 0) is 25.5 Å². The number of hydrogen-bond acceptors (Lipinski definition) is 15. The van der Waals surface area contributed by atoms with Crippen LogP contribution in [0.1, 0.15) is 103 Å². The molecule has 58 heavy (non-hydrogen) atoms. The van der Waals surface area contributed by atoms with Crippen molar-refractivity contribution in [3.8, 4) is 0 Å². The lowest BCUT2D eigenvalue weighted by Gasteiger charge is -2.23. The van der Waals surface area contributed by atoms with E-state index in [-0.39, 0.29) is 23.9 Å². The van der Waals surface area contributed by atoms with Crippen LogP contribution < -0.4 is 5.32 Å². The van der Waals surface area contributed by atoms with Crippen molar-refractivity contribution in [3.63, 3.8) is 0 Å². The van der Waals surface area contributed by atoms with E-state index in [0.29, 0.717) is 61.5 Å². The molecule has 1 aromatic carbocycles. The number of nitrogens with zero attached hydrogens (tertiary/aromatic N) is 5. The molecular formula is C41H60N6O11. The number of aromatic nitrogens is 4. The second-order valence-electron chi connectivity index (χ2n) is 15.8. The molecule has 1 saturated heterocycles. The van der Waals surface area contributed by atoms with Gasteiger partial charge in [-0.2, -0.15) is 0 Å². The number of aliphatic hydroxyl groups excluding tert-OH is 5. The third kappa shape index (κ3) is 12.9. The van der Waals surface area contributed by atoms with E-state index in [1.807, 2.05) is 38.1 Å². The molecule has 0 radical (unpaired) electrons. The second-order valence-corrected chi connectivity index (χ2v) is 15.8. The number of aryl methyl sites for hydroxylation is 1. The lowest BCUT2D eigenvalue weighted by atomic mass is 9.85. The zero-order valence-electron chi connectivity index (χ0n) is 33.4. The number of unbranched alkanes of at least 4 members (excludes halogenated alkanes) is 1. The van der Waals surface area contributed by atoms with Gasteiger partial charge >= 0.3 is 5.97 Å². The Hall–Kier alpha value is -4.26. The third-order valence-corrected chi connectivity index (χ3v) is 11.2. The summed E-state index contributed by atoms with van der Waals surface area (Å²) < 4.78 is 12.2. The summed E-state index contributed by atoms with van der Waals surface area (Å²) in [5.74, 6) is 0.459. The molecule has 2 aromatic heterocycles. The van der Waals surface area contributed by atoms with Gasteiger partial charge in [-0.3, -0.25) is 9.36 Å². The zero-order valence-corrected chi connectivity index (χ0v) is 33.4. The van der Waals surface area contributed by atoms with Gasteiger partial charge in [0.2, 0.25) is 0 Å². The largest absolute Gasteiger partial charge is 0.463 e. The van der Waals surface area contributed by atoms with Crippen LogP contribution in [0.4, 0.5) is 5.82 Å². The number of allylic oxidation sites excluding steroid dienone is 2. The first-order chi connectivity index (χ1) is 27.9. The maximum Gasteiger partial charge on any atom is 0.306 e. The molecule has 17 nitrogen and oxygen atoms in total. The van der Waals surface area contributed by atoms with Crippen LogP contribution in [0.5, 0.6) is 0 Å². The highest BCUT2D eigenvalue weighted by Gasteiger charge is 2.45. The van der Waals surface area contributed by atoms with E-state index in [4.69, 9.17) is 9.47 Å². The van der Waals surface area contributed by atoms with Crippen LogP contribution in [0.15, 0.2) is 55.1 Å². The fourth-order valence-corrected chi connectivity index (χ4v) is 8.11. The molecule has 6 N–H and O–H groups in total. The molecule has 2 aliphatic carbocycles. The van der Waals surface area contributed by atoms with Crippen LogP contribution in [0.25, 0.3) is 11.2 Å². The number of imidazole rings is 1. The minimum absolute atomic E-state index is 0.00652. The summed E-state index contributed by atoms with van der Waals surface area (Å²) in [6.07, 6.45) is 11.2. The smallest absolute Gasteiger partial charge is 0.306 e. The van der Waals surface area contributed by atoms with Gasteiger partial charge in [-0.25, -0.2) is 15.0 Å². The summed E-state index contributed by atoms with van der Waals surface area (Å²) in [6, 6.07) is 10.5. The number of anilines is 1. The number of benzene rings is 1. The average molecular weight is 813 g/mol. The highest BCUT2D eigenvalue weighted by atomic mass is 17.0. The van der Waals surface area contributed by atoms with E-state index >= 15 is 0 Å². The number of carbonyl (C=O) groups is 1. The Bertz CT molecular complexity index is 1740. The predicted molar refractivity (Wildman–Crippen MR) is 213 cm³/mol. The number of rotatable bonds is 19. The summed E-state index contributed by atoms with van der Waals surface area (Å²) >= 11 is 0. The summed E-state index contributed by atoms with van der Waals surface area (Å²) in [7, 11) is 0. The Kier molecular flexibility index (Phi) is 17.2. The molecule has 0 spiro atoms. The fraction of sp³-hybridized carbons (Fsp3) is 0.659. The van der Waals surface area contributed by atoms with Crippen molar-refractivity contribution in [1.29, 1.82) is 0 Å². The van der Waals surface area contributed by atoms with E-state index in [0.717, 1.165) is 32.1 Å². The standard InChI is InChI=1S/C26H40O5.C15H20N6O6/c1-19(2)31-26(30)13-9-4-3-8-12-22-23(25(29)18-24(22)28)17-16-21(27)15-14-20-10-6-5-7-11-20;22-11-9(5-26-21(24)25)27-15(12(11)23)20-7-18-10-13(16-6-17-14(10)20)19-8-3-1-2-4-8/h3,5-8,10-11,19,21-25,27-29H,4,9,12-18H2,1-2H3;6-9,11-12,15,22-23H,1-5H2,(H,16,17,19)/b8-3-;/t21-,22+,23+,24-,25+;9-,11-,12-,15-/m01/s1. The van der Waals surface area contributed by atoms with Crippen molar-refractivity contribution in [2.45, 2.75) is 152 Å². The molecule has 17 heteroatoms. The minimum atomic E-state index is -1.34. The number of esters is 1. The average Bonchev–Trinajstić information content (AvgIpc) is 3.98. The molecule has 320 valence electrons. The molecule has 3 heterocycles. The highest BCUT2D eigenvalue weighted by molar-refractivity contribution is 5.82. The van der Waals surface area contributed by atoms with Crippen molar-refractivity contribution in [3.05, 3.63) is 70.8 Å². The van der Waals surface area contributed by atoms with Gasteiger partial charge in [0.25, 0.3) is 5.09 Å². The number of nitrogens with one attached hydrogen (secondary N) is 1. The molecule has 0 amide bonds. The molecule has 0 unspecified atom stereocenters. The van der Waals surface area contributed by atoms with Gasteiger partial charge in [0.15, 0.2) is 23.2 Å². The van der Waals surface area contributed by atoms with E-state index in [9.17, 15) is 40.4 Å². The van der Waals surface area contributed by atoms with Crippen molar-refractivity contribution in [2.75, 3.05) is 11.9 Å². The Morgan fingerprint density at radius 2 is 1.78 bits per heavy atom. The SMILES string of the molecule is CC(C)OC(=O)CCC/C=C\C[C@@H]1[C@@H](CC[C@@H](O)CCc2ccccc2)[C@H](O)C[C@@H]1O.O=[N+]([O-])OC[C@H]1O[C@@H](n2cnc3c(NC4CCCC4)ncnc32)[C@H](O)[C@@H]1O. The summed E-state index contributed by atoms with van der Waals surface area (Å²) in [5.41, 5.74) is 2.18. The van der Waals surface area contributed by atoms with Gasteiger partial charge in [-0.05, 0) is 95.5 Å². The van der Waals surface area contributed by atoms with Crippen molar-refractivity contribution in [1.82, 2.24) is 19.5 Å². The Morgan fingerprint density at radius 3 is 2.50 bits per heavy atom. The molecule has 1 aliphatic heterocycles. The Labute approximate surface area is 338 Å². The third-order valence-electron chi connectivity index (χ3n) is 11.2. The van der Waals surface area contributed by atoms with Crippen LogP contribution in [0, 0.1) is 22.0 Å².